The molecule has 0 aliphatic carbocycles. The molecular formula is C19H13FN4O2. The minimum Gasteiger partial charge on any atom is -0.497 e. The lowest BCUT2D eigenvalue weighted by molar-refractivity contribution is 0.111. The summed E-state index contributed by atoms with van der Waals surface area (Å²) in [5, 5.41) is 4.22. The lowest BCUT2D eigenvalue weighted by Crippen LogP contribution is -1.99. The van der Waals surface area contributed by atoms with Gasteiger partial charge in [-0.1, -0.05) is 0 Å². The average molecular weight is 348 g/mol. The third kappa shape index (κ3) is 2.79. The maximum Gasteiger partial charge on any atom is 0.213 e. The summed E-state index contributed by atoms with van der Waals surface area (Å²) in [5.74, 6) is 0.139. The van der Waals surface area contributed by atoms with E-state index >= 15 is 0 Å². The predicted octanol–water partition coefficient (Wildman–Crippen LogP) is 3.42. The fraction of sp³-hybridized carbons (Fsp3) is 0.0526. The van der Waals surface area contributed by atoms with E-state index in [1.165, 1.54) is 16.8 Å². The molecule has 7 heteroatoms. The highest BCUT2D eigenvalue weighted by atomic mass is 19.1. The van der Waals surface area contributed by atoms with Crippen LogP contribution in [-0.2, 0) is 0 Å². The lowest BCUT2D eigenvalue weighted by atomic mass is 10.1. The molecule has 0 saturated heterocycles. The molecule has 4 aromatic rings. The highest BCUT2D eigenvalue weighted by molar-refractivity contribution is 5.77. The number of aromatic nitrogens is 4. The normalized spacial score (nSPS) is 10.8. The predicted molar refractivity (Wildman–Crippen MR) is 93.6 cm³/mol. The van der Waals surface area contributed by atoms with Crippen molar-refractivity contribution in [2.24, 2.45) is 0 Å². The summed E-state index contributed by atoms with van der Waals surface area (Å²) in [7, 11) is 1.60. The number of aldehydes is 1. The summed E-state index contributed by atoms with van der Waals surface area (Å²) < 4.78 is 20.3. The van der Waals surface area contributed by atoms with Crippen molar-refractivity contribution >= 4 is 11.9 Å². The molecule has 0 atom stereocenters. The van der Waals surface area contributed by atoms with E-state index in [0.29, 0.717) is 28.9 Å². The van der Waals surface area contributed by atoms with Gasteiger partial charge in [-0.25, -0.2) is 14.5 Å². The Labute approximate surface area is 147 Å². The fourth-order valence-electron chi connectivity index (χ4n) is 2.73. The van der Waals surface area contributed by atoms with Crippen molar-refractivity contribution in [3.63, 3.8) is 0 Å². The van der Waals surface area contributed by atoms with E-state index in [1.807, 2.05) is 24.3 Å². The molecule has 0 unspecified atom stereocenters. The van der Waals surface area contributed by atoms with Crippen LogP contribution in [0.25, 0.3) is 28.2 Å². The second kappa shape index (κ2) is 6.36. The number of ether oxygens (including phenoxy) is 1. The Morgan fingerprint density at radius 1 is 1.08 bits per heavy atom. The summed E-state index contributed by atoms with van der Waals surface area (Å²) in [6.07, 6.45) is 2.03. The van der Waals surface area contributed by atoms with Crippen molar-refractivity contribution in [1.29, 1.82) is 0 Å². The molecule has 3 aromatic heterocycles. The lowest BCUT2D eigenvalue weighted by Gasteiger charge is -2.09. The van der Waals surface area contributed by atoms with E-state index in [2.05, 4.69) is 15.1 Å². The number of carbonyl (C=O) groups excluding carboxylic acids is 1. The first-order valence-electron chi connectivity index (χ1n) is 7.80. The summed E-state index contributed by atoms with van der Waals surface area (Å²) in [4.78, 5) is 19.3. The summed E-state index contributed by atoms with van der Waals surface area (Å²) >= 11 is 0. The van der Waals surface area contributed by atoms with E-state index in [0.717, 1.165) is 11.3 Å². The summed E-state index contributed by atoms with van der Waals surface area (Å²) in [6, 6.07) is 13.8. The van der Waals surface area contributed by atoms with Crippen LogP contribution in [0, 0.1) is 5.95 Å². The van der Waals surface area contributed by atoms with Gasteiger partial charge in [-0.05, 0) is 36.4 Å². The molecule has 0 aliphatic heterocycles. The van der Waals surface area contributed by atoms with Gasteiger partial charge in [-0.3, -0.25) is 4.79 Å². The molecule has 0 fully saturated rings. The van der Waals surface area contributed by atoms with E-state index in [1.54, 1.807) is 25.3 Å². The fourth-order valence-corrected chi connectivity index (χ4v) is 2.73. The molecule has 0 N–H and O–H groups in total. The van der Waals surface area contributed by atoms with E-state index < -0.39 is 5.95 Å². The van der Waals surface area contributed by atoms with Crippen molar-refractivity contribution < 1.29 is 13.9 Å². The minimum atomic E-state index is -0.596. The molecule has 4 rings (SSSR count). The van der Waals surface area contributed by atoms with E-state index in [4.69, 9.17) is 4.74 Å². The van der Waals surface area contributed by atoms with Crippen molar-refractivity contribution in [3.8, 4) is 28.3 Å². The number of hydrogen-bond donors (Lipinski definition) is 0. The molecule has 0 aliphatic rings. The number of hydrogen-bond acceptors (Lipinski definition) is 5. The van der Waals surface area contributed by atoms with Gasteiger partial charge in [0, 0.05) is 29.5 Å². The highest BCUT2D eigenvalue weighted by Crippen LogP contribution is 2.27. The molecule has 0 spiro atoms. The number of pyridine rings is 1. The first-order valence-corrected chi connectivity index (χ1v) is 7.80. The molecule has 0 radical (unpaired) electrons. The molecule has 0 bridgehead atoms. The van der Waals surface area contributed by atoms with Gasteiger partial charge in [0.1, 0.15) is 11.4 Å². The van der Waals surface area contributed by atoms with Gasteiger partial charge in [0.05, 0.1) is 18.5 Å². The number of rotatable bonds is 4. The smallest absolute Gasteiger partial charge is 0.213 e. The zero-order valence-electron chi connectivity index (χ0n) is 13.8. The number of nitrogens with zero attached hydrogens (tertiary/aromatic N) is 4. The van der Waals surface area contributed by atoms with Gasteiger partial charge in [0.25, 0.3) is 0 Å². The number of halogens is 1. The summed E-state index contributed by atoms with van der Waals surface area (Å²) in [5.41, 5.74) is 3.46. The van der Waals surface area contributed by atoms with Gasteiger partial charge < -0.3 is 4.74 Å². The monoisotopic (exact) mass is 348 g/mol. The van der Waals surface area contributed by atoms with Crippen LogP contribution in [-0.4, -0.2) is 33.0 Å². The largest absolute Gasteiger partial charge is 0.497 e. The second-order valence-electron chi connectivity index (χ2n) is 5.58. The van der Waals surface area contributed by atoms with Crippen LogP contribution < -0.4 is 4.74 Å². The molecule has 0 amide bonds. The zero-order valence-corrected chi connectivity index (χ0v) is 13.8. The van der Waals surface area contributed by atoms with Gasteiger partial charge in [-0.2, -0.15) is 9.49 Å². The Kier molecular flexibility index (Phi) is 3.89. The number of carbonyl (C=O) groups is 1. The SMILES string of the molecule is COc1ccc(-c2cc(-c3ccnc(F)c3)n3nc(C=O)cc3n2)cc1. The summed E-state index contributed by atoms with van der Waals surface area (Å²) in [6.45, 7) is 0. The number of methoxy groups -OCH3 is 1. The Hall–Kier alpha value is -3.61. The van der Waals surface area contributed by atoms with Crippen LogP contribution in [0.2, 0.25) is 0 Å². The minimum absolute atomic E-state index is 0.250. The van der Waals surface area contributed by atoms with Crippen LogP contribution in [0.1, 0.15) is 10.5 Å². The molecule has 0 saturated carbocycles. The van der Waals surface area contributed by atoms with Gasteiger partial charge >= 0.3 is 0 Å². The maximum atomic E-state index is 13.6. The van der Waals surface area contributed by atoms with Gasteiger partial charge in [-0.15, -0.1) is 0 Å². The average Bonchev–Trinajstić information content (AvgIpc) is 3.10. The third-order valence-corrected chi connectivity index (χ3v) is 3.97. The van der Waals surface area contributed by atoms with Crippen molar-refractivity contribution in [2.75, 3.05) is 7.11 Å². The van der Waals surface area contributed by atoms with E-state index in [-0.39, 0.29) is 5.69 Å². The van der Waals surface area contributed by atoms with Crippen LogP contribution in [0.3, 0.4) is 0 Å². The van der Waals surface area contributed by atoms with Crippen molar-refractivity contribution in [1.82, 2.24) is 19.6 Å². The van der Waals surface area contributed by atoms with Crippen LogP contribution >= 0.6 is 0 Å². The molecule has 3 heterocycles. The molecule has 1 aromatic carbocycles. The van der Waals surface area contributed by atoms with Crippen molar-refractivity contribution in [3.05, 3.63) is 66.4 Å². The Bertz CT molecular complexity index is 1110. The third-order valence-electron chi connectivity index (χ3n) is 3.97. The van der Waals surface area contributed by atoms with Crippen molar-refractivity contribution in [2.45, 2.75) is 0 Å². The Morgan fingerprint density at radius 2 is 1.88 bits per heavy atom. The number of benzene rings is 1. The number of fused-ring (bicyclic) bond motifs is 1. The highest BCUT2D eigenvalue weighted by Gasteiger charge is 2.13. The zero-order chi connectivity index (χ0) is 18.1. The topological polar surface area (TPSA) is 69.4 Å². The van der Waals surface area contributed by atoms with Crippen LogP contribution in [0.5, 0.6) is 5.75 Å². The van der Waals surface area contributed by atoms with Gasteiger partial charge in [0.2, 0.25) is 5.95 Å². The van der Waals surface area contributed by atoms with Crippen LogP contribution in [0.15, 0.2) is 54.7 Å². The first-order chi connectivity index (χ1) is 12.7. The maximum absolute atomic E-state index is 13.6. The quantitative estimate of drug-likeness (QED) is 0.417. The molecule has 6 nitrogen and oxygen atoms in total. The van der Waals surface area contributed by atoms with Gasteiger partial charge in [0.15, 0.2) is 11.9 Å². The first kappa shape index (κ1) is 15.9. The standard InChI is InChI=1S/C19H13FN4O2/c1-26-15-4-2-12(3-5-15)16-10-17(13-6-7-21-18(20)8-13)24-19(22-16)9-14(11-25)23-24/h2-11H,1H3. The molecule has 26 heavy (non-hydrogen) atoms. The Morgan fingerprint density at radius 3 is 2.58 bits per heavy atom. The second-order valence-corrected chi connectivity index (χ2v) is 5.58. The molecule has 128 valence electrons. The van der Waals surface area contributed by atoms with E-state index in [9.17, 15) is 9.18 Å². The molecular weight excluding hydrogens is 335 g/mol. The Balaban J connectivity index is 1.95. The van der Waals surface area contributed by atoms with Crippen LogP contribution in [0.4, 0.5) is 4.39 Å².